The van der Waals surface area contributed by atoms with Gasteiger partial charge in [0, 0.05) is 39.3 Å². The van der Waals surface area contributed by atoms with E-state index in [1.807, 2.05) is 33.8 Å². The summed E-state index contributed by atoms with van der Waals surface area (Å²) < 4.78 is 14.1. The molecule has 0 rings (SSSR count). The Kier molecular flexibility index (Phi) is 13.5. The molecule has 1 atom stereocenters. The maximum atomic E-state index is 11.5. The van der Waals surface area contributed by atoms with Crippen LogP contribution in [-0.4, -0.2) is 68.7 Å². The van der Waals surface area contributed by atoms with Gasteiger partial charge in [-0.2, -0.15) is 5.26 Å². The molecule has 0 saturated carbocycles. The molecule has 0 spiro atoms. The lowest BCUT2D eigenvalue weighted by Gasteiger charge is -2.37. The average molecular weight is 404 g/mol. The summed E-state index contributed by atoms with van der Waals surface area (Å²) in [5.74, 6) is 0. The third kappa shape index (κ3) is 10.9. The van der Waals surface area contributed by atoms with E-state index in [1.54, 1.807) is 0 Å². The number of hydrogen-bond donors (Lipinski definition) is 4. The molecule has 0 aromatic carbocycles. The minimum atomic E-state index is -1.49. The fraction of sp³-hybridized carbons (Fsp3) is 0.812. The lowest BCUT2D eigenvalue weighted by atomic mass is 10.3. The van der Waals surface area contributed by atoms with E-state index >= 15 is 0 Å². The molecule has 0 fully saturated rings. The predicted molar refractivity (Wildman–Crippen MR) is 105 cm³/mol. The Morgan fingerprint density at radius 2 is 1.52 bits per heavy atom. The highest BCUT2D eigenvalue weighted by molar-refractivity contribution is 7.44. The van der Waals surface area contributed by atoms with Gasteiger partial charge in [-0.15, -0.1) is 0 Å². The summed E-state index contributed by atoms with van der Waals surface area (Å²) in [5, 5.41) is 19.1. The van der Waals surface area contributed by atoms with Crippen LogP contribution in [0.15, 0.2) is 0 Å². The Morgan fingerprint density at radius 3 is 1.89 bits per heavy atom. The van der Waals surface area contributed by atoms with Gasteiger partial charge in [0.05, 0.1) is 19.1 Å². The smallest absolute Gasteiger partial charge is 0.314 e. The number of carbonyl (C=O) groups excluding carboxylic acids is 2. The van der Waals surface area contributed by atoms with Gasteiger partial charge in [-0.1, -0.05) is 0 Å². The molecule has 0 aliphatic rings. The van der Waals surface area contributed by atoms with Gasteiger partial charge in [0.15, 0.2) is 0 Å². The second-order valence-electron chi connectivity index (χ2n) is 6.19. The molecule has 11 heteroatoms. The highest BCUT2D eigenvalue weighted by Crippen LogP contribution is 2.46. The van der Waals surface area contributed by atoms with Crippen LogP contribution in [0.5, 0.6) is 0 Å². The minimum Gasteiger partial charge on any atom is -0.341 e. The van der Waals surface area contributed by atoms with Gasteiger partial charge in [0.1, 0.15) is 6.10 Å². The highest BCUT2D eigenvalue weighted by Gasteiger charge is 2.30. The maximum Gasteiger partial charge on any atom is 0.314 e. The van der Waals surface area contributed by atoms with Crippen molar-refractivity contribution in [1.82, 2.24) is 25.9 Å². The van der Waals surface area contributed by atoms with E-state index in [0.717, 1.165) is 0 Å². The highest BCUT2D eigenvalue weighted by atomic mass is 31.2. The van der Waals surface area contributed by atoms with E-state index in [0.29, 0.717) is 0 Å². The lowest BCUT2D eigenvalue weighted by molar-refractivity contribution is 0.130. The SMILES string of the molecule is CNC(=O)NCC(CNC(=O)NC)OP(OCCC#N)N(C(C)C)C(C)C. The normalized spacial score (nSPS) is 12.2. The van der Waals surface area contributed by atoms with E-state index in [4.69, 9.17) is 14.3 Å². The number of hydrogen-bond acceptors (Lipinski definition) is 6. The molecule has 1 unspecified atom stereocenters. The third-order valence-corrected chi connectivity index (χ3v) is 5.52. The minimum absolute atomic E-state index is 0.151. The van der Waals surface area contributed by atoms with Crippen LogP contribution in [0, 0.1) is 11.3 Å². The van der Waals surface area contributed by atoms with Gasteiger partial charge in [0.2, 0.25) is 0 Å². The van der Waals surface area contributed by atoms with Crippen LogP contribution < -0.4 is 21.3 Å². The van der Waals surface area contributed by atoms with E-state index in [2.05, 4.69) is 25.9 Å². The number of rotatable bonds is 12. The Hall–Kier alpha value is -1.66. The zero-order chi connectivity index (χ0) is 20.8. The van der Waals surface area contributed by atoms with Crippen molar-refractivity contribution in [2.75, 3.05) is 33.8 Å². The summed E-state index contributed by atoms with van der Waals surface area (Å²) in [7, 11) is 1.55. The number of nitrogens with one attached hydrogen (secondary N) is 4. The van der Waals surface area contributed by atoms with E-state index in [9.17, 15) is 9.59 Å². The van der Waals surface area contributed by atoms with Gasteiger partial charge >= 0.3 is 12.1 Å². The predicted octanol–water partition coefficient (Wildman–Crippen LogP) is 1.51. The third-order valence-electron chi connectivity index (χ3n) is 3.34. The standard InChI is InChI=1S/C16H33N6O4P/c1-12(2)22(13(3)4)27(25-9-7-8-17)26-14(10-20-15(23)18-5)11-21-16(24)19-6/h12-14H,7,9-11H2,1-6H3,(H2,18,20,23)(H2,19,21,24). The number of nitrogens with zero attached hydrogens (tertiary/aromatic N) is 2. The van der Waals surface area contributed by atoms with Gasteiger partial charge in [-0.3, -0.25) is 0 Å². The van der Waals surface area contributed by atoms with Gasteiger partial charge < -0.3 is 30.3 Å². The molecule has 4 amide bonds. The van der Waals surface area contributed by atoms with E-state index < -0.39 is 14.6 Å². The van der Waals surface area contributed by atoms with Gasteiger partial charge in [-0.25, -0.2) is 14.3 Å². The fourth-order valence-corrected chi connectivity index (χ4v) is 3.87. The fourth-order valence-electron chi connectivity index (χ4n) is 2.16. The summed E-state index contributed by atoms with van der Waals surface area (Å²) >= 11 is 0. The van der Waals surface area contributed by atoms with Gasteiger partial charge in [0.25, 0.3) is 8.53 Å². The van der Waals surface area contributed by atoms with Crippen LogP contribution in [0.25, 0.3) is 0 Å². The summed E-state index contributed by atoms with van der Waals surface area (Å²) in [6, 6.07) is 1.66. The summed E-state index contributed by atoms with van der Waals surface area (Å²) in [6.45, 7) is 8.76. The molecule has 10 nitrogen and oxygen atoms in total. The molecule has 156 valence electrons. The van der Waals surface area contributed by atoms with E-state index in [1.165, 1.54) is 14.1 Å². The van der Waals surface area contributed by atoms with Crippen molar-refractivity contribution < 1.29 is 18.6 Å². The van der Waals surface area contributed by atoms with Crippen molar-refractivity contribution in [2.45, 2.75) is 52.3 Å². The topological polar surface area (TPSA) is 128 Å². The van der Waals surface area contributed by atoms with Crippen LogP contribution in [0.4, 0.5) is 9.59 Å². The molecule has 0 bridgehead atoms. The summed E-state index contributed by atoms with van der Waals surface area (Å²) in [5.41, 5.74) is 0. The van der Waals surface area contributed by atoms with Gasteiger partial charge in [-0.05, 0) is 27.7 Å². The van der Waals surface area contributed by atoms with Crippen LogP contribution in [0.2, 0.25) is 0 Å². The number of amides is 4. The average Bonchev–Trinajstić information content (AvgIpc) is 2.62. The Morgan fingerprint density at radius 1 is 1.04 bits per heavy atom. The second kappa shape index (κ2) is 14.4. The van der Waals surface area contributed by atoms with Crippen molar-refractivity contribution >= 4 is 20.6 Å². The zero-order valence-corrected chi connectivity index (χ0v) is 17.9. The van der Waals surface area contributed by atoms with Crippen molar-refractivity contribution in [2.24, 2.45) is 0 Å². The monoisotopic (exact) mass is 404 g/mol. The van der Waals surface area contributed by atoms with Crippen molar-refractivity contribution in [1.29, 1.82) is 5.26 Å². The number of urea groups is 2. The largest absolute Gasteiger partial charge is 0.341 e. The van der Waals surface area contributed by atoms with Crippen LogP contribution in [0.1, 0.15) is 34.1 Å². The van der Waals surface area contributed by atoms with Crippen LogP contribution in [0.3, 0.4) is 0 Å². The summed E-state index contributed by atoms with van der Waals surface area (Å²) in [6.07, 6.45) is -0.253. The second-order valence-corrected chi connectivity index (χ2v) is 7.60. The first-order chi connectivity index (χ1) is 12.8. The summed E-state index contributed by atoms with van der Waals surface area (Å²) in [4.78, 5) is 23.0. The maximum absolute atomic E-state index is 11.5. The Balaban J connectivity index is 5.22. The molecule has 27 heavy (non-hydrogen) atoms. The molecular formula is C16H33N6O4P. The molecule has 0 aromatic heterocycles. The molecule has 0 aliphatic heterocycles. The number of nitriles is 1. The molecule has 4 N–H and O–H groups in total. The molecule has 0 heterocycles. The molecule has 0 saturated heterocycles. The zero-order valence-electron chi connectivity index (χ0n) is 17.0. The van der Waals surface area contributed by atoms with Crippen LogP contribution >= 0.6 is 8.53 Å². The van der Waals surface area contributed by atoms with E-state index in [-0.39, 0.29) is 50.3 Å². The first kappa shape index (κ1) is 25.3. The van der Waals surface area contributed by atoms with Crippen molar-refractivity contribution in [3.63, 3.8) is 0 Å². The Bertz CT molecular complexity index is 458. The molecule has 0 aliphatic carbocycles. The Labute approximate surface area is 163 Å². The first-order valence-electron chi connectivity index (χ1n) is 8.92. The van der Waals surface area contributed by atoms with Crippen molar-refractivity contribution in [3.05, 3.63) is 0 Å². The quantitative estimate of drug-likeness (QED) is 0.288. The molecule has 0 radical (unpaired) electrons. The van der Waals surface area contributed by atoms with Crippen molar-refractivity contribution in [3.8, 4) is 6.07 Å². The first-order valence-corrected chi connectivity index (χ1v) is 10.1. The molecular weight excluding hydrogens is 371 g/mol. The molecule has 0 aromatic rings. The van der Waals surface area contributed by atoms with Crippen LogP contribution in [-0.2, 0) is 9.05 Å². The number of carbonyl (C=O) groups is 2. The lowest BCUT2D eigenvalue weighted by Crippen LogP contribution is -2.46.